The normalized spacial score (nSPS) is 26.2. The van der Waals surface area contributed by atoms with Crippen LogP contribution < -0.4 is 5.73 Å². The Labute approximate surface area is 100 Å². The molecule has 0 saturated heterocycles. The molecule has 0 amide bonds. The quantitative estimate of drug-likeness (QED) is 0.676. The molecule has 3 heteroatoms. The van der Waals surface area contributed by atoms with Crippen molar-refractivity contribution in [1.29, 1.82) is 0 Å². The van der Waals surface area contributed by atoms with Gasteiger partial charge in [-0.2, -0.15) is 0 Å². The Balaban J connectivity index is 2.16. The van der Waals surface area contributed by atoms with Gasteiger partial charge in [0.25, 0.3) is 0 Å². The van der Waals surface area contributed by atoms with E-state index in [0.717, 1.165) is 32.2 Å². The molecular formula is C13H28N2O. The zero-order valence-electron chi connectivity index (χ0n) is 11.0. The highest BCUT2D eigenvalue weighted by atomic mass is 16.5. The van der Waals surface area contributed by atoms with Gasteiger partial charge in [-0.1, -0.05) is 6.92 Å². The second-order valence-electron chi connectivity index (χ2n) is 4.87. The summed E-state index contributed by atoms with van der Waals surface area (Å²) in [6.45, 7) is 9.44. The third-order valence-corrected chi connectivity index (χ3v) is 3.61. The maximum absolute atomic E-state index is 5.92. The molecular weight excluding hydrogens is 200 g/mol. The first-order valence-electron chi connectivity index (χ1n) is 6.81. The highest BCUT2D eigenvalue weighted by molar-refractivity contribution is 4.76. The zero-order chi connectivity index (χ0) is 11.8. The number of nitrogens with zero attached hydrogens (tertiary/aromatic N) is 1. The van der Waals surface area contributed by atoms with Gasteiger partial charge in [-0.15, -0.1) is 0 Å². The van der Waals surface area contributed by atoms with Crippen LogP contribution in [0.15, 0.2) is 0 Å². The Morgan fingerprint density at radius 3 is 2.44 bits per heavy atom. The third-order valence-electron chi connectivity index (χ3n) is 3.61. The number of nitrogens with two attached hydrogens (primary N) is 1. The monoisotopic (exact) mass is 228 g/mol. The van der Waals surface area contributed by atoms with E-state index in [9.17, 15) is 0 Å². The SMILES string of the molecule is CCOCCN(CC)CC1CCC(N)CC1. The largest absolute Gasteiger partial charge is 0.380 e. The summed E-state index contributed by atoms with van der Waals surface area (Å²) in [5.74, 6) is 0.862. The molecule has 3 nitrogen and oxygen atoms in total. The molecule has 0 unspecified atom stereocenters. The van der Waals surface area contributed by atoms with Crippen molar-refractivity contribution in [2.45, 2.75) is 45.6 Å². The molecule has 0 aromatic heterocycles. The fourth-order valence-corrected chi connectivity index (χ4v) is 2.45. The van der Waals surface area contributed by atoms with E-state index in [2.05, 4.69) is 18.7 Å². The van der Waals surface area contributed by atoms with Crippen molar-refractivity contribution in [2.24, 2.45) is 11.7 Å². The van der Waals surface area contributed by atoms with Gasteiger partial charge in [-0.05, 0) is 45.1 Å². The van der Waals surface area contributed by atoms with E-state index < -0.39 is 0 Å². The Hall–Kier alpha value is -0.120. The molecule has 1 rings (SSSR count). The van der Waals surface area contributed by atoms with Gasteiger partial charge >= 0.3 is 0 Å². The fourth-order valence-electron chi connectivity index (χ4n) is 2.45. The summed E-state index contributed by atoms with van der Waals surface area (Å²) in [7, 11) is 0. The van der Waals surface area contributed by atoms with Gasteiger partial charge in [-0.3, -0.25) is 0 Å². The van der Waals surface area contributed by atoms with Crippen molar-refractivity contribution in [3.8, 4) is 0 Å². The van der Waals surface area contributed by atoms with Gasteiger partial charge in [0.2, 0.25) is 0 Å². The molecule has 0 aromatic rings. The molecule has 0 spiro atoms. The lowest BCUT2D eigenvalue weighted by atomic mass is 9.86. The Morgan fingerprint density at radius 1 is 1.19 bits per heavy atom. The maximum atomic E-state index is 5.92. The first-order chi connectivity index (χ1) is 7.76. The van der Waals surface area contributed by atoms with Gasteiger partial charge in [0.15, 0.2) is 0 Å². The van der Waals surface area contributed by atoms with Crippen LogP contribution in [0.1, 0.15) is 39.5 Å². The second kappa shape index (κ2) is 8.04. The molecule has 96 valence electrons. The minimum Gasteiger partial charge on any atom is -0.380 e. The van der Waals surface area contributed by atoms with Crippen molar-refractivity contribution >= 4 is 0 Å². The van der Waals surface area contributed by atoms with Gasteiger partial charge in [-0.25, -0.2) is 0 Å². The number of rotatable bonds is 7. The van der Waals surface area contributed by atoms with Crippen molar-refractivity contribution in [3.63, 3.8) is 0 Å². The van der Waals surface area contributed by atoms with E-state index in [1.165, 1.54) is 32.2 Å². The van der Waals surface area contributed by atoms with E-state index in [1.54, 1.807) is 0 Å². The molecule has 0 aliphatic heterocycles. The van der Waals surface area contributed by atoms with Crippen LogP contribution >= 0.6 is 0 Å². The zero-order valence-corrected chi connectivity index (χ0v) is 11.0. The molecule has 1 aliphatic rings. The number of hydrogen-bond acceptors (Lipinski definition) is 3. The molecule has 0 heterocycles. The van der Waals surface area contributed by atoms with Gasteiger partial charge in [0, 0.05) is 25.7 Å². The standard InChI is InChI=1S/C13H28N2O/c1-3-15(9-10-16-4-2)11-12-5-7-13(14)8-6-12/h12-13H,3-11,14H2,1-2H3. The minimum atomic E-state index is 0.467. The van der Waals surface area contributed by atoms with Crippen LogP contribution in [0, 0.1) is 5.92 Å². The Morgan fingerprint density at radius 2 is 1.88 bits per heavy atom. The number of likely N-dealkylation sites (N-methyl/N-ethyl adjacent to an activating group) is 1. The molecule has 1 saturated carbocycles. The van der Waals surface area contributed by atoms with Gasteiger partial charge < -0.3 is 15.4 Å². The molecule has 0 atom stereocenters. The van der Waals surface area contributed by atoms with Crippen molar-refractivity contribution < 1.29 is 4.74 Å². The van der Waals surface area contributed by atoms with Gasteiger partial charge in [0.05, 0.1) is 6.61 Å². The summed E-state index contributed by atoms with van der Waals surface area (Å²) in [5, 5.41) is 0. The molecule has 1 fully saturated rings. The van der Waals surface area contributed by atoms with E-state index in [1.807, 2.05) is 0 Å². The lowest BCUT2D eigenvalue weighted by molar-refractivity contribution is 0.104. The van der Waals surface area contributed by atoms with Crippen LogP contribution in [0.25, 0.3) is 0 Å². The predicted molar refractivity (Wildman–Crippen MR) is 68.5 cm³/mol. The fraction of sp³-hybridized carbons (Fsp3) is 1.00. The van der Waals surface area contributed by atoms with Crippen LogP contribution in [-0.2, 0) is 4.74 Å². The average Bonchev–Trinajstić information content (AvgIpc) is 2.31. The predicted octanol–water partition coefficient (Wildman–Crippen LogP) is 1.86. The first-order valence-corrected chi connectivity index (χ1v) is 6.81. The van der Waals surface area contributed by atoms with Crippen LogP contribution in [0.2, 0.25) is 0 Å². The molecule has 0 radical (unpaired) electrons. The number of ether oxygens (including phenoxy) is 1. The van der Waals surface area contributed by atoms with Crippen LogP contribution in [0.3, 0.4) is 0 Å². The summed E-state index contributed by atoms with van der Waals surface area (Å²) in [5.41, 5.74) is 5.92. The van der Waals surface area contributed by atoms with E-state index in [0.29, 0.717) is 6.04 Å². The smallest absolute Gasteiger partial charge is 0.0593 e. The molecule has 0 bridgehead atoms. The van der Waals surface area contributed by atoms with Crippen LogP contribution in [0.5, 0.6) is 0 Å². The van der Waals surface area contributed by atoms with Crippen LogP contribution in [-0.4, -0.2) is 43.8 Å². The van der Waals surface area contributed by atoms with E-state index in [4.69, 9.17) is 10.5 Å². The Kier molecular flexibility index (Phi) is 7.01. The van der Waals surface area contributed by atoms with Crippen LogP contribution in [0.4, 0.5) is 0 Å². The highest BCUT2D eigenvalue weighted by Gasteiger charge is 2.20. The summed E-state index contributed by atoms with van der Waals surface area (Å²) >= 11 is 0. The first kappa shape index (κ1) is 13.9. The summed E-state index contributed by atoms with van der Waals surface area (Å²) in [6.07, 6.45) is 5.06. The van der Waals surface area contributed by atoms with Gasteiger partial charge in [0.1, 0.15) is 0 Å². The average molecular weight is 228 g/mol. The minimum absolute atomic E-state index is 0.467. The lowest BCUT2D eigenvalue weighted by Gasteiger charge is -2.31. The lowest BCUT2D eigenvalue weighted by Crippen LogP contribution is -2.36. The molecule has 1 aliphatic carbocycles. The summed E-state index contributed by atoms with van der Waals surface area (Å²) in [6, 6.07) is 0.467. The molecule has 2 N–H and O–H groups in total. The van der Waals surface area contributed by atoms with Crippen molar-refractivity contribution in [1.82, 2.24) is 4.90 Å². The molecule has 0 aromatic carbocycles. The van der Waals surface area contributed by atoms with Crippen molar-refractivity contribution in [3.05, 3.63) is 0 Å². The maximum Gasteiger partial charge on any atom is 0.0593 e. The second-order valence-corrected chi connectivity index (χ2v) is 4.87. The third kappa shape index (κ3) is 5.28. The van der Waals surface area contributed by atoms with E-state index in [-0.39, 0.29) is 0 Å². The highest BCUT2D eigenvalue weighted by Crippen LogP contribution is 2.23. The molecule has 16 heavy (non-hydrogen) atoms. The summed E-state index contributed by atoms with van der Waals surface area (Å²) in [4.78, 5) is 2.51. The van der Waals surface area contributed by atoms with Crippen molar-refractivity contribution in [2.75, 3.05) is 32.8 Å². The number of hydrogen-bond donors (Lipinski definition) is 1. The Bertz CT molecular complexity index is 167. The topological polar surface area (TPSA) is 38.5 Å². The van der Waals surface area contributed by atoms with E-state index >= 15 is 0 Å². The summed E-state index contributed by atoms with van der Waals surface area (Å²) < 4.78 is 5.41.